The van der Waals surface area contributed by atoms with Crippen LogP contribution in [0.15, 0.2) is 12.1 Å². The Morgan fingerprint density at radius 1 is 1.56 bits per heavy atom. The number of nitro benzene ring substituents is 1. The molecular weight excluding hydrogens is 258 g/mol. The molecule has 1 aliphatic heterocycles. The number of hydrogen-bond acceptors (Lipinski definition) is 4. The first-order valence-electron chi connectivity index (χ1n) is 5.40. The fourth-order valence-electron chi connectivity index (χ4n) is 2.05. The van der Waals surface area contributed by atoms with Crippen molar-refractivity contribution in [2.75, 3.05) is 11.4 Å². The molecule has 1 saturated heterocycles. The van der Waals surface area contributed by atoms with E-state index < -0.39 is 4.92 Å². The van der Waals surface area contributed by atoms with Crippen LogP contribution in [-0.4, -0.2) is 23.4 Å². The zero-order valence-corrected chi connectivity index (χ0v) is 10.5. The predicted octanol–water partition coefficient (Wildman–Crippen LogP) is 1.62. The maximum absolute atomic E-state index is 11.7. The average Bonchev–Trinajstić information content (AvgIpc) is 2.60. The van der Waals surface area contributed by atoms with E-state index in [4.69, 9.17) is 17.3 Å². The fraction of sp³-hybridized carbons (Fsp3) is 0.364. The minimum absolute atomic E-state index is 0.0221. The van der Waals surface area contributed by atoms with Crippen LogP contribution in [-0.2, 0) is 4.79 Å². The largest absolute Gasteiger partial charge is 0.326 e. The monoisotopic (exact) mass is 269 g/mol. The molecule has 1 aliphatic rings. The summed E-state index contributed by atoms with van der Waals surface area (Å²) in [6, 6.07) is 2.62. The molecular formula is C11H12ClN3O3. The van der Waals surface area contributed by atoms with Gasteiger partial charge >= 0.3 is 0 Å². The van der Waals surface area contributed by atoms with E-state index in [1.165, 1.54) is 17.0 Å². The summed E-state index contributed by atoms with van der Waals surface area (Å²) in [5.74, 6) is -0.0875. The van der Waals surface area contributed by atoms with E-state index in [-0.39, 0.29) is 29.1 Å². The molecule has 1 fully saturated rings. The van der Waals surface area contributed by atoms with E-state index in [1.807, 2.05) is 0 Å². The molecule has 18 heavy (non-hydrogen) atoms. The van der Waals surface area contributed by atoms with Gasteiger partial charge < -0.3 is 10.6 Å². The number of aryl methyl sites for hydroxylation is 1. The summed E-state index contributed by atoms with van der Waals surface area (Å²) >= 11 is 5.85. The molecule has 1 aromatic carbocycles. The van der Waals surface area contributed by atoms with Crippen molar-refractivity contribution in [1.82, 2.24) is 0 Å². The van der Waals surface area contributed by atoms with E-state index in [0.717, 1.165) is 0 Å². The minimum Gasteiger partial charge on any atom is -0.326 e. The summed E-state index contributed by atoms with van der Waals surface area (Å²) in [4.78, 5) is 23.5. The lowest BCUT2D eigenvalue weighted by Gasteiger charge is -2.18. The van der Waals surface area contributed by atoms with E-state index in [0.29, 0.717) is 17.8 Å². The zero-order valence-electron chi connectivity index (χ0n) is 9.72. The topological polar surface area (TPSA) is 89.5 Å². The van der Waals surface area contributed by atoms with Crippen LogP contribution in [0.2, 0.25) is 5.02 Å². The second-order valence-electron chi connectivity index (χ2n) is 4.32. The Labute approximate surface area is 108 Å². The highest BCUT2D eigenvalue weighted by Gasteiger charge is 2.30. The van der Waals surface area contributed by atoms with Gasteiger partial charge in [0.15, 0.2) is 0 Å². The van der Waals surface area contributed by atoms with E-state index in [2.05, 4.69) is 0 Å². The van der Waals surface area contributed by atoms with Crippen LogP contribution in [0, 0.1) is 17.0 Å². The maximum Gasteiger partial charge on any atom is 0.288 e. The minimum atomic E-state index is -0.545. The number of rotatable bonds is 2. The van der Waals surface area contributed by atoms with Crippen LogP contribution in [0.1, 0.15) is 12.0 Å². The van der Waals surface area contributed by atoms with Crippen LogP contribution in [0.4, 0.5) is 11.4 Å². The van der Waals surface area contributed by atoms with Gasteiger partial charge in [-0.3, -0.25) is 14.9 Å². The predicted molar refractivity (Wildman–Crippen MR) is 67.8 cm³/mol. The number of hydrogen-bond donors (Lipinski definition) is 1. The third-order valence-corrected chi connectivity index (χ3v) is 3.21. The highest BCUT2D eigenvalue weighted by molar-refractivity contribution is 6.33. The van der Waals surface area contributed by atoms with Gasteiger partial charge in [0, 0.05) is 30.8 Å². The third-order valence-electron chi connectivity index (χ3n) is 2.91. The second-order valence-corrected chi connectivity index (χ2v) is 4.72. The zero-order chi connectivity index (χ0) is 13.4. The molecule has 0 aliphatic carbocycles. The van der Waals surface area contributed by atoms with E-state index in [9.17, 15) is 14.9 Å². The van der Waals surface area contributed by atoms with E-state index >= 15 is 0 Å². The van der Waals surface area contributed by atoms with Crippen molar-refractivity contribution >= 4 is 28.9 Å². The van der Waals surface area contributed by atoms with Crippen molar-refractivity contribution < 1.29 is 9.72 Å². The molecule has 0 saturated carbocycles. The van der Waals surface area contributed by atoms with Crippen LogP contribution >= 0.6 is 11.6 Å². The van der Waals surface area contributed by atoms with Crippen LogP contribution in [0.5, 0.6) is 0 Å². The summed E-state index contributed by atoms with van der Waals surface area (Å²) in [5, 5.41) is 10.8. The summed E-state index contributed by atoms with van der Waals surface area (Å²) < 4.78 is 0. The highest BCUT2D eigenvalue weighted by atomic mass is 35.5. The lowest BCUT2D eigenvalue weighted by atomic mass is 10.1. The van der Waals surface area contributed by atoms with Gasteiger partial charge in [0.05, 0.1) is 4.92 Å². The number of carbonyl (C=O) groups is 1. The Kier molecular flexibility index (Phi) is 3.23. The third kappa shape index (κ3) is 2.16. The Morgan fingerprint density at radius 3 is 2.72 bits per heavy atom. The Hall–Kier alpha value is -1.66. The molecule has 0 radical (unpaired) electrons. The molecule has 0 bridgehead atoms. The van der Waals surface area contributed by atoms with Crippen molar-refractivity contribution in [3.63, 3.8) is 0 Å². The summed E-state index contributed by atoms with van der Waals surface area (Å²) in [5.41, 5.74) is 6.78. The molecule has 2 N–H and O–H groups in total. The lowest BCUT2D eigenvalue weighted by molar-refractivity contribution is -0.384. The van der Waals surface area contributed by atoms with Gasteiger partial charge in [0.1, 0.15) is 5.02 Å². The van der Waals surface area contributed by atoms with Crippen molar-refractivity contribution in [3.05, 3.63) is 32.8 Å². The van der Waals surface area contributed by atoms with E-state index in [1.54, 1.807) is 6.92 Å². The first-order valence-corrected chi connectivity index (χ1v) is 5.78. The lowest BCUT2D eigenvalue weighted by Crippen LogP contribution is -2.28. The number of anilines is 1. The SMILES string of the molecule is Cc1cc([N+](=O)[O-])c(Cl)cc1N1CC(N)CC1=O. The Bertz CT molecular complexity index is 533. The quantitative estimate of drug-likeness (QED) is 0.652. The van der Waals surface area contributed by atoms with Gasteiger partial charge in [-0.25, -0.2) is 0 Å². The first kappa shape index (κ1) is 12.8. The number of nitro groups is 1. The fourth-order valence-corrected chi connectivity index (χ4v) is 2.28. The molecule has 1 aromatic rings. The van der Waals surface area contributed by atoms with Gasteiger partial charge in [-0.05, 0) is 18.6 Å². The number of nitrogens with two attached hydrogens (primary N) is 1. The normalized spacial score (nSPS) is 19.4. The van der Waals surface area contributed by atoms with Crippen molar-refractivity contribution in [2.45, 2.75) is 19.4 Å². The molecule has 6 nitrogen and oxygen atoms in total. The van der Waals surface area contributed by atoms with Crippen molar-refractivity contribution in [3.8, 4) is 0 Å². The molecule has 1 heterocycles. The standard InChI is InChI=1S/C11H12ClN3O3/c1-6-2-10(15(17)18)8(12)4-9(6)14-5-7(13)3-11(14)16/h2,4,7H,3,5,13H2,1H3. The van der Waals surface area contributed by atoms with Crippen molar-refractivity contribution in [2.24, 2.45) is 5.73 Å². The number of carbonyl (C=O) groups excluding carboxylic acids is 1. The molecule has 1 atom stereocenters. The number of halogens is 1. The van der Waals surface area contributed by atoms with Gasteiger partial charge in [-0.1, -0.05) is 11.6 Å². The Morgan fingerprint density at radius 2 is 2.22 bits per heavy atom. The molecule has 7 heteroatoms. The van der Waals surface area contributed by atoms with Gasteiger partial charge in [0.2, 0.25) is 5.91 Å². The van der Waals surface area contributed by atoms with Gasteiger partial charge in [-0.2, -0.15) is 0 Å². The first-order chi connectivity index (χ1) is 8.40. The van der Waals surface area contributed by atoms with Crippen LogP contribution in [0.3, 0.4) is 0 Å². The van der Waals surface area contributed by atoms with Crippen molar-refractivity contribution in [1.29, 1.82) is 0 Å². The summed E-state index contributed by atoms with van der Waals surface area (Å²) in [7, 11) is 0. The molecule has 0 spiro atoms. The van der Waals surface area contributed by atoms with Crippen LogP contribution < -0.4 is 10.6 Å². The number of nitrogens with zero attached hydrogens (tertiary/aromatic N) is 2. The smallest absolute Gasteiger partial charge is 0.288 e. The molecule has 2 rings (SSSR count). The maximum atomic E-state index is 11.7. The summed E-state index contributed by atoms with van der Waals surface area (Å²) in [6.45, 7) is 2.11. The molecule has 0 aromatic heterocycles. The van der Waals surface area contributed by atoms with Crippen LogP contribution in [0.25, 0.3) is 0 Å². The Balaban J connectivity index is 2.44. The molecule has 1 unspecified atom stereocenters. The van der Waals surface area contributed by atoms with Gasteiger partial charge in [0.25, 0.3) is 5.69 Å². The molecule has 96 valence electrons. The summed E-state index contributed by atoms with van der Waals surface area (Å²) in [6.07, 6.45) is 0.286. The second kappa shape index (κ2) is 4.55. The number of amides is 1. The van der Waals surface area contributed by atoms with Gasteiger partial charge in [-0.15, -0.1) is 0 Å². The highest BCUT2D eigenvalue weighted by Crippen LogP contribution is 2.34. The molecule has 1 amide bonds. The number of benzene rings is 1. The average molecular weight is 270 g/mol.